The second-order valence-electron chi connectivity index (χ2n) is 8.82. The molecule has 0 bridgehead atoms. The molecule has 0 atom stereocenters. The number of benzene rings is 2. The maximum absolute atomic E-state index is 13.4. The number of carbonyl (C=O) groups is 1. The molecule has 204 valence electrons. The summed E-state index contributed by atoms with van der Waals surface area (Å²) in [6.45, 7) is 4.64. The average molecular weight is 534 g/mol. The third-order valence-corrected chi connectivity index (χ3v) is 6.10. The van der Waals surface area contributed by atoms with Crippen LogP contribution in [-0.2, 0) is 11.2 Å². The average Bonchev–Trinajstić information content (AvgIpc) is 3.36. The lowest BCUT2D eigenvalue weighted by molar-refractivity contribution is -0.115. The number of hydrogen-bond acceptors (Lipinski definition) is 8. The number of methoxy groups -OCH3 is 1. The van der Waals surface area contributed by atoms with Crippen molar-refractivity contribution in [3.05, 3.63) is 71.9 Å². The summed E-state index contributed by atoms with van der Waals surface area (Å²) in [6.07, 6.45) is 6.44. The van der Waals surface area contributed by atoms with E-state index in [0.29, 0.717) is 35.3 Å². The van der Waals surface area contributed by atoms with Crippen LogP contribution < -0.4 is 15.4 Å². The first-order valence-electron chi connectivity index (χ1n) is 12.7. The highest BCUT2D eigenvalue weighted by Gasteiger charge is 2.12. The number of nitrogens with one attached hydrogen (secondary N) is 3. The van der Waals surface area contributed by atoms with Crippen molar-refractivity contribution in [2.75, 3.05) is 44.0 Å². The van der Waals surface area contributed by atoms with Crippen LogP contribution in [0.25, 0.3) is 17.0 Å². The van der Waals surface area contributed by atoms with Gasteiger partial charge in [-0.1, -0.05) is 25.1 Å². The van der Waals surface area contributed by atoms with E-state index in [1.807, 2.05) is 18.2 Å². The standard InChI is InChI=1S/C28H32FN7O3/c1-3-36(11-12-37)10-5-4-7-19-13-24-23(17-25(19)39-2)28(31-18-30-24)33-26-15-22(34-35-26)16-27(38)32-21-9-6-8-20(29)14-21/h4,6-9,13-15,17-18,37H,3,5,10-12,16H2,1-2H3,(H,32,38)(H2,30,31,33,34,35)/b7-4+. The Hall–Kier alpha value is -4.35. The van der Waals surface area contributed by atoms with Gasteiger partial charge in [0.15, 0.2) is 5.82 Å². The van der Waals surface area contributed by atoms with Gasteiger partial charge in [-0.15, -0.1) is 0 Å². The molecule has 0 spiro atoms. The van der Waals surface area contributed by atoms with Gasteiger partial charge >= 0.3 is 0 Å². The van der Waals surface area contributed by atoms with Gasteiger partial charge < -0.3 is 25.4 Å². The predicted octanol–water partition coefficient (Wildman–Crippen LogP) is 4.14. The molecule has 4 rings (SSSR count). The Bertz CT molecular complexity index is 1440. The molecule has 2 aromatic heterocycles. The molecule has 0 fully saturated rings. The topological polar surface area (TPSA) is 128 Å². The molecule has 10 nitrogen and oxygen atoms in total. The van der Waals surface area contributed by atoms with Crippen LogP contribution in [0.15, 0.2) is 54.9 Å². The molecule has 2 aromatic carbocycles. The summed E-state index contributed by atoms with van der Waals surface area (Å²) >= 11 is 0. The zero-order valence-electron chi connectivity index (χ0n) is 21.9. The van der Waals surface area contributed by atoms with Crippen LogP contribution in [0, 0.1) is 5.82 Å². The maximum Gasteiger partial charge on any atom is 0.230 e. The lowest BCUT2D eigenvalue weighted by Gasteiger charge is -2.17. The van der Waals surface area contributed by atoms with Crippen LogP contribution in [0.2, 0.25) is 0 Å². The molecule has 0 aliphatic carbocycles. The molecule has 0 unspecified atom stereocenters. The number of anilines is 3. The lowest BCUT2D eigenvalue weighted by Crippen LogP contribution is -2.27. The van der Waals surface area contributed by atoms with Gasteiger partial charge in [0, 0.05) is 41.5 Å². The smallest absolute Gasteiger partial charge is 0.230 e. The third-order valence-electron chi connectivity index (χ3n) is 6.10. The van der Waals surface area contributed by atoms with Gasteiger partial charge in [-0.2, -0.15) is 5.10 Å². The summed E-state index contributed by atoms with van der Waals surface area (Å²) in [7, 11) is 1.62. The van der Waals surface area contributed by atoms with Crippen molar-refractivity contribution in [2.45, 2.75) is 19.8 Å². The Morgan fingerprint density at radius 3 is 2.85 bits per heavy atom. The number of nitrogens with zero attached hydrogens (tertiary/aromatic N) is 4. The van der Waals surface area contributed by atoms with Crippen molar-refractivity contribution < 1.29 is 19.0 Å². The fourth-order valence-electron chi connectivity index (χ4n) is 4.12. The van der Waals surface area contributed by atoms with Gasteiger partial charge in [-0.3, -0.25) is 9.89 Å². The summed E-state index contributed by atoms with van der Waals surface area (Å²) in [4.78, 5) is 23.3. The number of amides is 1. The van der Waals surface area contributed by atoms with Crippen LogP contribution in [0.4, 0.5) is 21.7 Å². The Labute approximate surface area is 225 Å². The van der Waals surface area contributed by atoms with Crippen molar-refractivity contribution in [1.29, 1.82) is 0 Å². The Balaban J connectivity index is 1.44. The largest absolute Gasteiger partial charge is 0.496 e. The van der Waals surface area contributed by atoms with E-state index in [9.17, 15) is 9.18 Å². The molecule has 1 amide bonds. The molecule has 0 radical (unpaired) electrons. The van der Waals surface area contributed by atoms with Crippen molar-refractivity contribution in [2.24, 2.45) is 0 Å². The molecule has 0 aliphatic rings. The van der Waals surface area contributed by atoms with E-state index in [0.717, 1.165) is 36.0 Å². The van der Waals surface area contributed by atoms with E-state index in [2.05, 4.69) is 48.7 Å². The summed E-state index contributed by atoms with van der Waals surface area (Å²) < 4.78 is 19.0. The van der Waals surface area contributed by atoms with Gasteiger partial charge in [0.1, 0.15) is 23.7 Å². The lowest BCUT2D eigenvalue weighted by atomic mass is 10.1. The number of hydrogen-bond donors (Lipinski definition) is 4. The SMILES string of the molecule is CCN(CCO)CC/C=C/c1cc2ncnc(Nc3cc(CC(=O)Nc4cccc(F)c4)[nH]n3)c2cc1OC. The quantitative estimate of drug-likeness (QED) is 0.202. The van der Waals surface area contributed by atoms with Crippen LogP contribution >= 0.6 is 0 Å². The normalized spacial score (nSPS) is 11.4. The number of aliphatic hydroxyl groups is 1. The zero-order chi connectivity index (χ0) is 27.6. The van der Waals surface area contributed by atoms with Gasteiger partial charge in [-0.25, -0.2) is 14.4 Å². The Morgan fingerprint density at radius 1 is 1.21 bits per heavy atom. The van der Waals surface area contributed by atoms with Gasteiger partial charge in [0.05, 0.1) is 25.7 Å². The number of H-pyrrole nitrogens is 1. The number of halogens is 1. The van der Waals surface area contributed by atoms with Crippen LogP contribution in [-0.4, -0.2) is 69.4 Å². The van der Waals surface area contributed by atoms with Gasteiger partial charge in [0.25, 0.3) is 0 Å². The molecule has 0 aliphatic heterocycles. The van der Waals surface area contributed by atoms with E-state index >= 15 is 0 Å². The molecule has 39 heavy (non-hydrogen) atoms. The van der Waals surface area contributed by atoms with E-state index in [4.69, 9.17) is 9.84 Å². The minimum Gasteiger partial charge on any atom is -0.496 e. The summed E-state index contributed by atoms with van der Waals surface area (Å²) in [5.74, 6) is 0.976. The van der Waals surface area contributed by atoms with Gasteiger partial charge in [-0.05, 0) is 43.3 Å². The van der Waals surface area contributed by atoms with E-state index in [-0.39, 0.29) is 18.9 Å². The first kappa shape index (κ1) is 27.7. The number of likely N-dealkylation sites (N-methyl/N-ethyl adjacent to an activating group) is 1. The first-order valence-corrected chi connectivity index (χ1v) is 12.7. The fraction of sp³-hybridized carbons (Fsp3) is 0.286. The van der Waals surface area contributed by atoms with Crippen molar-refractivity contribution in [1.82, 2.24) is 25.1 Å². The number of aromatic amines is 1. The highest BCUT2D eigenvalue weighted by molar-refractivity contribution is 5.94. The van der Waals surface area contributed by atoms with Crippen LogP contribution in [0.3, 0.4) is 0 Å². The number of carbonyl (C=O) groups excluding carboxylic acids is 1. The molecule has 4 N–H and O–H groups in total. The van der Waals surface area contributed by atoms with E-state index in [1.54, 1.807) is 19.2 Å². The number of rotatable bonds is 13. The summed E-state index contributed by atoms with van der Waals surface area (Å²) in [6, 6.07) is 11.3. The molecule has 11 heteroatoms. The molecular formula is C28H32FN7O3. The molecule has 0 saturated carbocycles. The molecule has 0 saturated heterocycles. The Morgan fingerprint density at radius 2 is 2.08 bits per heavy atom. The van der Waals surface area contributed by atoms with Gasteiger partial charge in [0.2, 0.25) is 5.91 Å². The predicted molar refractivity (Wildman–Crippen MR) is 150 cm³/mol. The van der Waals surface area contributed by atoms with E-state index in [1.165, 1.54) is 24.5 Å². The van der Waals surface area contributed by atoms with Crippen molar-refractivity contribution in [3.63, 3.8) is 0 Å². The van der Waals surface area contributed by atoms with Crippen molar-refractivity contribution in [3.8, 4) is 5.75 Å². The zero-order valence-corrected chi connectivity index (χ0v) is 21.9. The number of aliphatic hydroxyl groups excluding tert-OH is 1. The second kappa shape index (κ2) is 13.4. The maximum atomic E-state index is 13.4. The van der Waals surface area contributed by atoms with E-state index < -0.39 is 5.82 Å². The van der Waals surface area contributed by atoms with Crippen LogP contribution in [0.5, 0.6) is 5.75 Å². The number of ether oxygens (including phenoxy) is 1. The van der Waals surface area contributed by atoms with Crippen LogP contribution in [0.1, 0.15) is 24.6 Å². The highest BCUT2D eigenvalue weighted by Crippen LogP contribution is 2.30. The minimum absolute atomic E-state index is 0.0370. The molecule has 2 heterocycles. The summed E-state index contributed by atoms with van der Waals surface area (Å²) in [5, 5.41) is 22.8. The highest BCUT2D eigenvalue weighted by atomic mass is 19.1. The number of aromatic nitrogens is 4. The minimum atomic E-state index is -0.421. The summed E-state index contributed by atoms with van der Waals surface area (Å²) in [5.41, 5.74) is 2.59. The molecular weight excluding hydrogens is 501 g/mol. The second-order valence-corrected chi connectivity index (χ2v) is 8.82. The first-order chi connectivity index (χ1) is 19.0. The third kappa shape index (κ3) is 7.59. The molecule has 4 aromatic rings. The monoisotopic (exact) mass is 533 g/mol. The van der Waals surface area contributed by atoms with Crippen molar-refractivity contribution >= 4 is 40.2 Å². The number of fused-ring (bicyclic) bond motifs is 1. The Kier molecular flexibility index (Phi) is 9.54. The fourth-order valence-corrected chi connectivity index (χ4v) is 4.12.